The third-order valence-corrected chi connectivity index (χ3v) is 4.10. The Bertz CT molecular complexity index is 319. The first-order chi connectivity index (χ1) is 7.48. The number of hydrogen-bond acceptors (Lipinski definition) is 3. The highest BCUT2D eigenvalue weighted by molar-refractivity contribution is 7.09. The molecule has 0 fully saturated rings. The van der Waals surface area contributed by atoms with Gasteiger partial charge in [0.15, 0.2) is 0 Å². The summed E-state index contributed by atoms with van der Waals surface area (Å²) in [5.74, 6) is 0.749. The maximum absolute atomic E-state index is 4.64. The Morgan fingerprint density at radius 2 is 2.19 bits per heavy atom. The van der Waals surface area contributed by atoms with Gasteiger partial charge in [-0.2, -0.15) is 0 Å². The lowest BCUT2D eigenvalue weighted by atomic mass is 9.92. The Hall–Kier alpha value is -0.410. The van der Waals surface area contributed by atoms with Crippen LogP contribution in [0.3, 0.4) is 0 Å². The Labute approximate surface area is 103 Å². The minimum Gasteiger partial charge on any atom is -0.306 e. The minimum atomic E-state index is 0.0535. The number of rotatable bonds is 6. The average molecular weight is 240 g/mol. The lowest BCUT2D eigenvalue weighted by Gasteiger charge is -2.29. The normalized spacial score (nSPS) is 15.4. The van der Waals surface area contributed by atoms with Crippen molar-refractivity contribution in [3.63, 3.8) is 0 Å². The number of aryl methyl sites for hydroxylation is 1. The molecular formula is C13H24N2S. The molecule has 1 atom stereocenters. The molecule has 1 aromatic rings. The number of thiazole rings is 1. The van der Waals surface area contributed by atoms with E-state index in [1.807, 2.05) is 0 Å². The third-order valence-electron chi connectivity index (χ3n) is 2.88. The van der Waals surface area contributed by atoms with Crippen molar-refractivity contribution in [3.05, 3.63) is 16.1 Å². The van der Waals surface area contributed by atoms with E-state index in [0.29, 0.717) is 0 Å². The molecule has 0 aromatic carbocycles. The Balaban J connectivity index is 2.79. The van der Waals surface area contributed by atoms with Crippen molar-refractivity contribution in [2.24, 2.45) is 5.92 Å². The van der Waals surface area contributed by atoms with Crippen LogP contribution >= 0.6 is 11.3 Å². The van der Waals surface area contributed by atoms with E-state index in [1.54, 1.807) is 11.3 Å². The SMILES string of the molecule is CCNC(C)(CCC(C)C)c1nc(C)cs1. The van der Waals surface area contributed by atoms with Crippen molar-refractivity contribution in [2.45, 2.75) is 53.0 Å². The fourth-order valence-electron chi connectivity index (χ4n) is 1.85. The third kappa shape index (κ3) is 3.56. The highest BCUT2D eigenvalue weighted by atomic mass is 32.1. The second kappa shape index (κ2) is 5.78. The summed E-state index contributed by atoms with van der Waals surface area (Å²) >= 11 is 1.77. The molecule has 2 nitrogen and oxygen atoms in total. The van der Waals surface area contributed by atoms with Gasteiger partial charge in [-0.25, -0.2) is 4.98 Å². The molecule has 0 saturated carbocycles. The maximum atomic E-state index is 4.64. The van der Waals surface area contributed by atoms with Gasteiger partial charge in [-0.3, -0.25) is 0 Å². The zero-order chi connectivity index (χ0) is 12.2. The average Bonchev–Trinajstić information content (AvgIpc) is 2.63. The molecule has 0 aliphatic carbocycles. The molecule has 1 N–H and O–H groups in total. The van der Waals surface area contributed by atoms with Crippen LogP contribution in [0.2, 0.25) is 0 Å². The van der Waals surface area contributed by atoms with Crippen molar-refractivity contribution in [3.8, 4) is 0 Å². The topological polar surface area (TPSA) is 24.9 Å². The zero-order valence-electron chi connectivity index (χ0n) is 11.1. The van der Waals surface area contributed by atoms with E-state index in [1.165, 1.54) is 11.4 Å². The summed E-state index contributed by atoms with van der Waals surface area (Å²) in [4.78, 5) is 4.64. The molecule has 92 valence electrons. The summed E-state index contributed by atoms with van der Waals surface area (Å²) in [7, 11) is 0. The number of nitrogens with zero attached hydrogens (tertiary/aromatic N) is 1. The molecule has 0 saturated heterocycles. The van der Waals surface area contributed by atoms with Crippen LogP contribution in [0.5, 0.6) is 0 Å². The van der Waals surface area contributed by atoms with Crippen LogP contribution in [-0.2, 0) is 5.54 Å². The largest absolute Gasteiger partial charge is 0.306 e. The lowest BCUT2D eigenvalue weighted by Crippen LogP contribution is -2.39. The summed E-state index contributed by atoms with van der Waals surface area (Å²) in [6, 6.07) is 0. The highest BCUT2D eigenvalue weighted by Gasteiger charge is 2.28. The van der Waals surface area contributed by atoms with E-state index in [4.69, 9.17) is 0 Å². The molecule has 0 aliphatic heterocycles. The van der Waals surface area contributed by atoms with Crippen LogP contribution < -0.4 is 5.32 Å². The first-order valence-corrected chi connectivity index (χ1v) is 7.03. The summed E-state index contributed by atoms with van der Waals surface area (Å²) in [6.45, 7) is 12.0. The molecule has 1 unspecified atom stereocenters. The molecule has 1 aromatic heterocycles. The van der Waals surface area contributed by atoms with Crippen LogP contribution in [0.1, 0.15) is 51.2 Å². The van der Waals surface area contributed by atoms with Crippen LogP contribution in [-0.4, -0.2) is 11.5 Å². The number of aromatic nitrogens is 1. The lowest BCUT2D eigenvalue weighted by molar-refractivity contribution is 0.317. The predicted molar refractivity (Wildman–Crippen MR) is 72.0 cm³/mol. The Morgan fingerprint density at radius 1 is 1.50 bits per heavy atom. The van der Waals surface area contributed by atoms with Gasteiger partial charge in [0.2, 0.25) is 0 Å². The van der Waals surface area contributed by atoms with Crippen molar-refractivity contribution in [1.82, 2.24) is 10.3 Å². The van der Waals surface area contributed by atoms with Gasteiger partial charge in [-0.05, 0) is 39.2 Å². The highest BCUT2D eigenvalue weighted by Crippen LogP contribution is 2.30. The maximum Gasteiger partial charge on any atom is 0.113 e. The molecular weight excluding hydrogens is 216 g/mol. The number of hydrogen-bond donors (Lipinski definition) is 1. The van der Waals surface area contributed by atoms with Gasteiger partial charge >= 0.3 is 0 Å². The second-order valence-corrected chi connectivity index (χ2v) is 5.95. The fraction of sp³-hybridized carbons (Fsp3) is 0.769. The van der Waals surface area contributed by atoms with E-state index >= 15 is 0 Å². The van der Waals surface area contributed by atoms with E-state index < -0.39 is 0 Å². The Kier molecular flexibility index (Phi) is 4.93. The molecule has 0 amide bonds. The summed E-state index contributed by atoms with van der Waals surface area (Å²) in [5, 5.41) is 6.96. The molecule has 1 rings (SSSR count). The molecule has 0 radical (unpaired) electrons. The molecule has 1 heterocycles. The van der Waals surface area contributed by atoms with Crippen molar-refractivity contribution in [2.75, 3.05) is 6.54 Å². The molecule has 0 aliphatic rings. The van der Waals surface area contributed by atoms with Crippen LogP contribution in [0.4, 0.5) is 0 Å². The predicted octanol–water partition coefficient (Wildman–Crippen LogP) is 3.71. The first-order valence-electron chi connectivity index (χ1n) is 6.15. The molecule has 0 spiro atoms. The van der Waals surface area contributed by atoms with Crippen molar-refractivity contribution < 1.29 is 0 Å². The zero-order valence-corrected chi connectivity index (χ0v) is 11.9. The van der Waals surface area contributed by atoms with E-state index in [9.17, 15) is 0 Å². The van der Waals surface area contributed by atoms with Gasteiger partial charge in [-0.1, -0.05) is 20.8 Å². The van der Waals surface area contributed by atoms with Crippen LogP contribution in [0, 0.1) is 12.8 Å². The van der Waals surface area contributed by atoms with E-state index in [2.05, 4.69) is 50.3 Å². The van der Waals surface area contributed by atoms with Crippen molar-refractivity contribution >= 4 is 11.3 Å². The van der Waals surface area contributed by atoms with Gasteiger partial charge in [0.25, 0.3) is 0 Å². The van der Waals surface area contributed by atoms with E-state index in [-0.39, 0.29) is 5.54 Å². The molecule has 16 heavy (non-hydrogen) atoms. The van der Waals surface area contributed by atoms with Crippen molar-refractivity contribution in [1.29, 1.82) is 0 Å². The second-order valence-electron chi connectivity index (χ2n) is 5.09. The van der Waals surface area contributed by atoms with Gasteiger partial charge < -0.3 is 5.32 Å². The molecule has 0 bridgehead atoms. The fourth-order valence-corrected chi connectivity index (χ4v) is 2.81. The summed E-state index contributed by atoms with van der Waals surface area (Å²) < 4.78 is 0. The van der Waals surface area contributed by atoms with Gasteiger partial charge in [0.05, 0.1) is 5.54 Å². The number of nitrogens with one attached hydrogen (secondary N) is 1. The standard InChI is InChI=1S/C13H24N2S/c1-6-14-13(5,8-7-10(2)3)12-15-11(4)9-16-12/h9-10,14H,6-8H2,1-5H3. The Morgan fingerprint density at radius 3 is 2.62 bits per heavy atom. The smallest absolute Gasteiger partial charge is 0.113 e. The monoisotopic (exact) mass is 240 g/mol. The summed E-state index contributed by atoms with van der Waals surface area (Å²) in [6.07, 6.45) is 2.40. The minimum absolute atomic E-state index is 0.0535. The van der Waals surface area contributed by atoms with E-state index in [0.717, 1.165) is 24.6 Å². The van der Waals surface area contributed by atoms with Gasteiger partial charge in [-0.15, -0.1) is 11.3 Å². The summed E-state index contributed by atoms with van der Waals surface area (Å²) in [5.41, 5.74) is 1.19. The molecule has 3 heteroatoms. The van der Waals surface area contributed by atoms with Gasteiger partial charge in [0.1, 0.15) is 5.01 Å². The van der Waals surface area contributed by atoms with Gasteiger partial charge in [0, 0.05) is 11.1 Å². The van der Waals surface area contributed by atoms with Crippen LogP contribution in [0.25, 0.3) is 0 Å². The van der Waals surface area contributed by atoms with Crippen LogP contribution in [0.15, 0.2) is 5.38 Å². The quantitative estimate of drug-likeness (QED) is 0.820. The first kappa shape index (κ1) is 13.7.